The number of carbonyl (C=O) groups is 1. The van der Waals surface area contributed by atoms with E-state index in [1.54, 1.807) is 12.1 Å². The molecule has 1 aliphatic rings. The molecule has 7 nitrogen and oxygen atoms in total. The lowest BCUT2D eigenvalue weighted by molar-refractivity contribution is -0.274. The number of carbonyl (C=O) groups excluding carboxylic acids is 1. The number of hydrogen-bond donors (Lipinski definition) is 3. The summed E-state index contributed by atoms with van der Waals surface area (Å²) in [5, 5.41) is 32.3. The zero-order valence-electron chi connectivity index (χ0n) is 19.4. The molecule has 0 heterocycles. The Hall–Kier alpha value is -3.23. The molecule has 1 atom stereocenters. The van der Waals surface area contributed by atoms with Crippen LogP contribution >= 0.6 is 0 Å². The average Bonchev–Trinajstić information content (AvgIpc) is 3.62. The van der Waals surface area contributed by atoms with Crippen molar-refractivity contribution in [2.45, 2.75) is 57.3 Å². The number of benzene rings is 2. The van der Waals surface area contributed by atoms with Crippen molar-refractivity contribution < 1.29 is 37.5 Å². The molecule has 0 aromatic heterocycles. The van der Waals surface area contributed by atoms with Gasteiger partial charge >= 0.3 is 13.5 Å². The number of aryl methyl sites for hydroxylation is 1. The predicted molar refractivity (Wildman–Crippen MR) is 122 cm³/mol. The maximum atomic E-state index is 12.6. The molecule has 0 spiro atoms. The van der Waals surface area contributed by atoms with Gasteiger partial charge in [0.2, 0.25) is 0 Å². The second-order valence-electron chi connectivity index (χ2n) is 8.71. The van der Waals surface area contributed by atoms with Crippen molar-refractivity contribution in [3.05, 3.63) is 53.1 Å². The van der Waals surface area contributed by atoms with Crippen LogP contribution in [0.4, 0.5) is 13.2 Å². The molecule has 1 saturated carbocycles. The highest BCUT2D eigenvalue weighted by atomic mass is 19.4. The zero-order chi connectivity index (χ0) is 25.8. The Kier molecular flexibility index (Phi) is 7.98. The molecule has 0 saturated heterocycles. The Morgan fingerprint density at radius 3 is 2.37 bits per heavy atom. The van der Waals surface area contributed by atoms with E-state index in [1.807, 2.05) is 13.0 Å². The van der Waals surface area contributed by atoms with Crippen LogP contribution in [0.5, 0.6) is 11.5 Å². The Labute approximate surface area is 201 Å². The van der Waals surface area contributed by atoms with Crippen LogP contribution < -0.4 is 20.3 Å². The van der Waals surface area contributed by atoms with Crippen molar-refractivity contribution in [2.75, 3.05) is 6.61 Å². The third-order valence-electron chi connectivity index (χ3n) is 5.60. The fraction of sp³-hybridized carbons (Fsp3) is 0.417. The summed E-state index contributed by atoms with van der Waals surface area (Å²) in [5.41, 5.74) is 0.521. The van der Waals surface area contributed by atoms with Crippen molar-refractivity contribution >= 4 is 18.5 Å². The number of nitrogens with zero attached hydrogens (tertiary/aromatic N) is 1. The highest BCUT2D eigenvalue weighted by Gasteiger charge is 2.36. The van der Waals surface area contributed by atoms with Gasteiger partial charge in [0.15, 0.2) is 5.54 Å². The Bertz CT molecular complexity index is 1100. The summed E-state index contributed by atoms with van der Waals surface area (Å²) in [5.74, 6) is -0.608. The molecule has 0 radical (unpaired) electrons. The highest BCUT2D eigenvalue weighted by Crippen LogP contribution is 2.44. The number of halogens is 3. The molecule has 2 aromatic rings. The number of alkyl halides is 3. The number of rotatable bonds is 10. The van der Waals surface area contributed by atoms with Gasteiger partial charge in [-0.1, -0.05) is 19.4 Å². The van der Waals surface area contributed by atoms with E-state index in [4.69, 9.17) is 4.74 Å². The standard InChI is InChI=1S/C24H26BF3N2O5/c1-3-4-16-9-12-19(20(15-5-6-15)21(16)25(32)33)34-14-23(2,13-29)30-22(31)17-7-10-18(11-8-17)35-24(26,27)28/h7-12,15,32-33H,3-6,14H2,1-2H3,(H,30,31). The monoisotopic (exact) mass is 490 g/mol. The summed E-state index contributed by atoms with van der Waals surface area (Å²) in [6.07, 6.45) is -1.59. The maximum Gasteiger partial charge on any atom is 0.573 e. The first-order valence-corrected chi connectivity index (χ1v) is 11.2. The van der Waals surface area contributed by atoms with E-state index >= 15 is 0 Å². The lowest BCUT2D eigenvalue weighted by Gasteiger charge is -2.25. The Morgan fingerprint density at radius 1 is 1.20 bits per heavy atom. The third kappa shape index (κ3) is 6.90. The van der Waals surface area contributed by atoms with Crippen LogP contribution in [0.3, 0.4) is 0 Å². The molecule has 3 N–H and O–H groups in total. The minimum absolute atomic E-state index is 0.0364. The minimum atomic E-state index is -4.85. The van der Waals surface area contributed by atoms with Gasteiger partial charge in [0.25, 0.3) is 5.91 Å². The fourth-order valence-electron chi connectivity index (χ4n) is 3.82. The first-order valence-electron chi connectivity index (χ1n) is 11.2. The second kappa shape index (κ2) is 10.6. The molecule has 1 amide bonds. The van der Waals surface area contributed by atoms with Crippen molar-refractivity contribution in [1.29, 1.82) is 5.26 Å². The largest absolute Gasteiger partial charge is 0.573 e. The molecule has 1 unspecified atom stereocenters. The van der Waals surface area contributed by atoms with E-state index in [2.05, 4.69) is 10.1 Å². The van der Waals surface area contributed by atoms with Crippen LogP contribution in [-0.2, 0) is 6.42 Å². The molecular formula is C24H26BF3N2O5. The van der Waals surface area contributed by atoms with Crippen LogP contribution in [0, 0.1) is 11.3 Å². The molecule has 0 bridgehead atoms. The number of hydrogen-bond acceptors (Lipinski definition) is 6. The lowest BCUT2D eigenvalue weighted by Crippen LogP contribution is -2.49. The molecule has 2 aromatic carbocycles. The molecule has 186 valence electrons. The van der Waals surface area contributed by atoms with E-state index in [9.17, 15) is 33.3 Å². The first-order chi connectivity index (χ1) is 16.5. The van der Waals surface area contributed by atoms with Gasteiger partial charge in [0.05, 0.1) is 6.07 Å². The predicted octanol–water partition coefficient (Wildman–Crippen LogP) is 3.19. The normalized spacial score (nSPS) is 15.0. The molecule has 3 rings (SSSR count). The van der Waals surface area contributed by atoms with E-state index in [0.29, 0.717) is 23.2 Å². The van der Waals surface area contributed by atoms with E-state index < -0.39 is 30.7 Å². The molecule has 1 fully saturated rings. The van der Waals surface area contributed by atoms with Crippen molar-refractivity contribution in [2.24, 2.45) is 0 Å². The number of amides is 1. The number of ether oxygens (including phenoxy) is 2. The van der Waals surface area contributed by atoms with Crippen LogP contribution in [0.25, 0.3) is 0 Å². The fourth-order valence-corrected chi connectivity index (χ4v) is 3.82. The molecule has 35 heavy (non-hydrogen) atoms. The smallest absolute Gasteiger partial charge is 0.490 e. The van der Waals surface area contributed by atoms with Gasteiger partial charge in [-0.15, -0.1) is 13.2 Å². The van der Waals surface area contributed by atoms with Crippen LogP contribution in [-0.4, -0.2) is 41.6 Å². The van der Waals surface area contributed by atoms with Crippen molar-refractivity contribution in [3.63, 3.8) is 0 Å². The number of nitrogens with one attached hydrogen (secondary N) is 1. The summed E-state index contributed by atoms with van der Waals surface area (Å²) in [6, 6.07) is 9.82. The van der Waals surface area contributed by atoms with Crippen molar-refractivity contribution in [1.82, 2.24) is 5.32 Å². The minimum Gasteiger partial charge on any atom is -0.490 e. The summed E-state index contributed by atoms with van der Waals surface area (Å²) in [6.45, 7) is 3.21. The van der Waals surface area contributed by atoms with Crippen LogP contribution in [0.1, 0.15) is 60.5 Å². The Morgan fingerprint density at radius 2 is 1.86 bits per heavy atom. The SMILES string of the molecule is CCCc1ccc(OCC(C)(C#N)NC(=O)c2ccc(OC(F)(F)F)cc2)c(C2CC2)c1B(O)O. The quantitative estimate of drug-likeness (QED) is 0.442. The lowest BCUT2D eigenvalue weighted by atomic mass is 9.71. The summed E-state index contributed by atoms with van der Waals surface area (Å²) in [4.78, 5) is 12.6. The van der Waals surface area contributed by atoms with Gasteiger partial charge in [-0.05, 0) is 79.0 Å². The van der Waals surface area contributed by atoms with Crippen molar-refractivity contribution in [3.8, 4) is 17.6 Å². The summed E-state index contributed by atoms with van der Waals surface area (Å²) in [7, 11) is -1.66. The topological polar surface area (TPSA) is 112 Å². The van der Waals surface area contributed by atoms with Crippen LogP contribution in [0.2, 0.25) is 0 Å². The van der Waals surface area contributed by atoms with Gasteiger partial charge in [-0.25, -0.2) is 0 Å². The van der Waals surface area contributed by atoms with E-state index in [0.717, 1.165) is 49.1 Å². The van der Waals surface area contributed by atoms with Gasteiger partial charge in [0.1, 0.15) is 18.1 Å². The average molecular weight is 490 g/mol. The molecular weight excluding hydrogens is 464 g/mol. The van der Waals surface area contributed by atoms with Crippen LogP contribution in [0.15, 0.2) is 36.4 Å². The Balaban J connectivity index is 1.75. The van der Waals surface area contributed by atoms with Gasteiger partial charge in [-0.3, -0.25) is 4.79 Å². The first kappa shape index (κ1) is 26.4. The van der Waals surface area contributed by atoms with Gasteiger partial charge in [0, 0.05) is 5.56 Å². The molecule has 0 aliphatic heterocycles. The number of nitriles is 1. The van der Waals surface area contributed by atoms with E-state index in [1.165, 1.54) is 6.92 Å². The molecule has 1 aliphatic carbocycles. The zero-order valence-corrected chi connectivity index (χ0v) is 19.4. The third-order valence-corrected chi connectivity index (χ3v) is 5.60. The maximum absolute atomic E-state index is 12.6. The molecule has 11 heteroatoms. The van der Waals surface area contributed by atoms with Gasteiger partial charge in [-0.2, -0.15) is 5.26 Å². The summed E-state index contributed by atoms with van der Waals surface area (Å²) >= 11 is 0. The second-order valence-corrected chi connectivity index (χ2v) is 8.71. The van der Waals surface area contributed by atoms with Gasteiger partial charge < -0.3 is 24.8 Å². The highest BCUT2D eigenvalue weighted by molar-refractivity contribution is 6.60. The summed E-state index contributed by atoms with van der Waals surface area (Å²) < 4.78 is 46.7. The van der Waals surface area contributed by atoms with E-state index in [-0.39, 0.29) is 18.1 Å².